The molecule has 1 amide bonds. The summed E-state index contributed by atoms with van der Waals surface area (Å²) in [6, 6.07) is 9.13. The summed E-state index contributed by atoms with van der Waals surface area (Å²) in [5.74, 6) is 0.203. The predicted molar refractivity (Wildman–Crippen MR) is 112 cm³/mol. The first-order chi connectivity index (χ1) is 12.4. The van der Waals surface area contributed by atoms with E-state index in [0.717, 1.165) is 19.5 Å². The Bertz CT molecular complexity index is 548. The highest BCUT2D eigenvalue weighted by atomic mass is 35.5. The Labute approximate surface area is 170 Å². The number of halogens is 1. The lowest BCUT2D eigenvalue weighted by Crippen LogP contribution is -2.37. The zero-order valence-electron chi connectivity index (χ0n) is 17.2. The van der Waals surface area contributed by atoms with Gasteiger partial charge in [0.05, 0.1) is 6.42 Å². The number of esters is 1. The minimum atomic E-state index is -0.226. The summed E-state index contributed by atoms with van der Waals surface area (Å²) in [6.07, 6.45) is 0.957. The van der Waals surface area contributed by atoms with Crippen LogP contribution >= 0.6 is 12.4 Å². The summed E-state index contributed by atoms with van der Waals surface area (Å²) in [7, 11) is 0. The summed E-state index contributed by atoms with van der Waals surface area (Å²) in [5, 5.41) is 2.95. The van der Waals surface area contributed by atoms with Gasteiger partial charge in [0.1, 0.15) is 0 Å². The molecule has 2 atom stereocenters. The van der Waals surface area contributed by atoms with Crippen LogP contribution < -0.4 is 5.32 Å². The van der Waals surface area contributed by atoms with E-state index >= 15 is 0 Å². The molecule has 0 aromatic heterocycles. The zero-order chi connectivity index (χ0) is 19.5. The normalized spacial score (nSPS) is 13.0. The van der Waals surface area contributed by atoms with Crippen molar-refractivity contribution in [1.29, 1.82) is 0 Å². The molecule has 0 aliphatic carbocycles. The van der Waals surface area contributed by atoms with Crippen molar-refractivity contribution in [3.63, 3.8) is 0 Å². The first-order valence-electron chi connectivity index (χ1n) is 9.64. The lowest BCUT2D eigenvalue weighted by Gasteiger charge is -2.27. The molecule has 1 N–H and O–H groups in total. The second kappa shape index (κ2) is 13.6. The molecule has 5 nitrogen and oxygen atoms in total. The van der Waals surface area contributed by atoms with Gasteiger partial charge in [-0.1, -0.05) is 45.9 Å². The van der Waals surface area contributed by atoms with Crippen molar-refractivity contribution >= 4 is 24.3 Å². The maximum atomic E-state index is 12.3. The number of nitrogens with zero attached hydrogens (tertiary/aromatic N) is 1. The lowest BCUT2D eigenvalue weighted by molar-refractivity contribution is -0.158. The van der Waals surface area contributed by atoms with E-state index in [0.29, 0.717) is 24.4 Å². The van der Waals surface area contributed by atoms with Crippen LogP contribution in [0.15, 0.2) is 30.3 Å². The second-order valence-corrected chi connectivity index (χ2v) is 7.09. The van der Waals surface area contributed by atoms with Gasteiger partial charge in [-0.05, 0) is 50.4 Å². The molecule has 0 aliphatic rings. The monoisotopic (exact) mass is 398 g/mol. The number of rotatable bonds is 11. The first kappa shape index (κ1) is 25.4. The molecule has 0 saturated heterocycles. The first-order valence-corrected chi connectivity index (χ1v) is 9.64. The molecule has 1 aromatic carbocycles. The Kier molecular flexibility index (Phi) is 12.8. The maximum Gasteiger partial charge on any atom is 0.307 e. The van der Waals surface area contributed by atoms with Gasteiger partial charge >= 0.3 is 5.97 Å². The van der Waals surface area contributed by atoms with Gasteiger partial charge in [0, 0.05) is 12.1 Å². The fourth-order valence-electron chi connectivity index (χ4n) is 3.12. The molecule has 2 unspecified atom stereocenters. The van der Waals surface area contributed by atoms with E-state index in [9.17, 15) is 9.59 Å². The third kappa shape index (κ3) is 9.78. The number of ether oxygens (including phenoxy) is 1. The summed E-state index contributed by atoms with van der Waals surface area (Å²) in [6.45, 7) is 12.4. The Morgan fingerprint density at radius 1 is 1.07 bits per heavy atom. The quantitative estimate of drug-likeness (QED) is 0.450. The molecule has 0 fully saturated rings. The van der Waals surface area contributed by atoms with Gasteiger partial charge in [0.25, 0.3) is 5.91 Å². The Hall–Kier alpha value is -1.59. The molecule has 0 saturated carbocycles. The molecule has 0 radical (unpaired) electrons. The lowest BCUT2D eigenvalue weighted by atomic mass is 9.94. The number of hydrogen-bond donors (Lipinski definition) is 1. The average molecular weight is 399 g/mol. The summed E-state index contributed by atoms with van der Waals surface area (Å²) >= 11 is 0. The molecule has 6 heteroatoms. The van der Waals surface area contributed by atoms with Crippen molar-refractivity contribution in [2.75, 3.05) is 19.6 Å². The van der Waals surface area contributed by atoms with Crippen LogP contribution in [0.1, 0.15) is 57.8 Å². The number of nitrogens with one attached hydrogen (secondary N) is 1. The van der Waals surface area contributed by atoms with E-state index in [1.54, 1.807) is 12.1 Å². The average Bonchev–Trinajstić information content (AvgIpc) is 2.60. The summed E-state index contributed by atoms with van der Waals surface area (Å²) < 4.78 is 5.57. The van der Waals surface area contributed by atoms with Crippen molar-refractivity contribution in [3.8, 4) is 0 Å². The smallest absolute Gasteiger partial charge is 0.307 e. The van der Waals surface area contributed by atoms with E-state index in [1.165, 1.54) is 0 Å². The van der Waals surface area contributed by atoms with Crippen LogP contribution in [-0.4, -0.2) is 42.6 Å². The summed E-state index contributed by atoms with van der Waals surface area (Å²) in [5.41, 5.74) is 0.633. The van der Waals surface area contributed by atoms with Gasteiger partial charge in [-0.3, -0.25) is 14.5 Å². The van der Waals surface area contributed by atoms with E-state index in [1.807, 2.05) is 25.1 Å². The van der Waals surface area contributed by atoms with Crippen LogP contribution in [0, 0.1) is 11.8 Å². The van der Waals surface area contributed by atoms with Crippen LogP contribution in [0.25, 0.3) is 0 Å². The van der Waals surface area contributed by atoms with E-state index in [-0.39, 0.29) is 36.4 Å². The van der Waals surface area contributed by atoms with E-state index < -0.39 is 0 Å². The van der Waals surface area contributed by atoms with Crippen molar-refractivity contribution in [2.24, 2.45) is 11.8 Å². The van der Waals surface area contributed by atoms with Crippen molar-refractivity contribution in [1.82, 2.24) is 10.2 Å². The van der Waals surface area contributed by atoms with Crippen LogP contribution in [0.4, 0.5) is 0 Å². The fraction of sp³-hybridized carbons (Fsp3) is 0.619. The highest BCUT2D eigenvalue weighted by Crippen LogP contribution is 2.17. The van der Waals surface area contributed by atoms with E-state index in [2.05, 4.69) is 37.9 Å². The number of carbonyl (C=O) groups is 2. The van der Waals surface area contributed by atoms with Gasteiger partial charge < -0.3 is 10.1 Å². The summed E-state index contributed by atoms with van der Waals surface area (Å²) in [4.78, 5) is 26.7. The maximum absolute atomic E-state index is 12.3. The van der Waals surface area contributed by atoms with E-state index in [4.69, 9.17) is 4.74 Å². The fourth-order valence-corrected chi connectivity index (χ4v) is 3.12. The van der Waals surface area contributed by atoms with Gasteiger partial charge in [-0.2, -0.15) is 0 Å². The third-order valence-electron chi connectivity index (χ3n) is 4.48. The number of carbonyl (C=O) groups excluding carboxylic acids is 2. The molecule has 0 heterocycles. The molecular weight excluding hydrogens is 364 g/mol. The molecule has 0 bridgehead atoms. The third-order valence-corrected chi connectivity index (χ3v) is 4.48. The number of amides is 1. The van der Waals surface area contributed by atoms with Crippen molar-refractivity contribution in [3.05, 3.63) is 35.9 Å². The highest BCUT2D eigenvalue weighted by molar-refractivity contribution is 5.94. The Morgan fingerprint density at radius 2 is 1.67 bits per heavy atom. The number of hydrogen-bond acceptors (Lipinski definition) is 4. The van der Waals surface area contributed by atoms with Crippen LogP contribution in [0.2, 0.25) is 0 Å². The van der Waals surface area contributed by atoms with Gasteiger partial charge in [0.15, 0.2) is 6.23 Å². The SMILES string of the molecule is CCN(CC)C(C)OC(=O)CC(CNC(=O)c1ccccc1)CC(C)C.Cl. The van der Waals surface area contributed by atoms with Crippen LogP contribution in [0.3, 0.4) is 0 Å². The van der Waals surface area contributed by atoms with Crippen molar-refractivity contribution in [2.45, 2.75) is 53.7 Å². The molecule has 0 spiro atoms. The second-order valence-electron chi connectivity index (χ2n) is 7.09. The minimum Gasteiger partial charge on any atom is -0.447 e. The Morgan fingerprint density at radius 3 is 2.19 bits per heavy atom. The number of benzene rings is 1. The van der Waals surface area contributed by atoms with Gasteiger partial charge in [-0.15, -0.1) is 12.4 Å². The minimum absolute atomic E-state index is 0. The highest BCUT2D eigenvalue weighted by Gasteiger charge is 2.21. The Balaban J connectivity index is 0.00000676. The molecule has 1 rings (SSSR count). The molecule has 0 aliphatic heterocycles. The van der Waals surface area contributed by atoms with Gasteiger partial charge in [-0.25, -0.2) is 0 Å². The van der Waals surface area contributed by atoms with Gasteiger partial charge in [0.2, 0.25) is 0 Å². The molecule has 1 aromatic rings. The predicted octanol–water partition coefficient (Wildman–Crippen LogP) is 4.12. The van der Waals surface area contributed by atoms with Crippen LogP contribution in [-0.2, 0) is 9.53 Å². The molecular formula is C21H35ClN2O3. The van der Waals surface area contributed by atoms with Crippen molar-refractivity contribution < 1.29 is 14.3 Å². The topological polar surface area (TPSA) is 58.6 Å². The standard InChI is InChI=1S/C21H34N2O3.ClH/c1-6-23(7-2)17(5)26-20(24)14-18(13-16(3)4)15-22-21(25)19-11-9-8-10-12-19;/h8-12,16-18H,6-7,13-15H2,1-5H3,(H,22,25);1H. The zero-order valence-corrected chi connectivity index (χ0v) is 18.1. The largest absolute Gasteiger partial charge is 0.447 e. The molecule has 27 heavy (non-hydrogen) atoms. The van der Waals surface area contributed by atoms with Crippen LogP contribution in [0.5, 0.6) is 0 Å². The molecule has 154 valence electrons.